The minimum absolute atomic E-state index is 0.0904. The largest absolute Gasteiger partial charge is 0.242 e. The molecule has 2 aromatic carbocycles. The zero-order chi connectivity index (χ0) is 15.6. The first kappa shape index (κ1) is 16.5. The Labute approximate surface area is 138 Å². The van der Waals surface area contributed by atoms with Gasteiger partial charge in [-0.2, -0.15) is 0 Å². The van der Waals surface area contributed by atoms with E-state index in [0.29, 0.717) is 0 Å². The van der Waals surface area contributed by atoms with E-state index in [1.54, 1.807) is 19.1 Å². The molecule has 21 heavy (non-hydrogen) atoms. The lowest BCUT2D eigenvalue weighted by molar-refractivity contribution is 0.567. The molecule has 6 heteroatoms. The van der Waals surface area contributed by atoms with Gasteiger partial charge in [0, 0.05) is 10.5 Å². The summed E-state index contributed by atoms with van der Waals surface area (Å²) in [5, 5.41) is 0.195. The minimum atomic E-state index is -3.68. The van der Waals surface area contributed by atoms with Gasteiger partial charge in [-0.3, -0.25) is 0 Å². The quantitative estimate of drug-likeness (QED) is 0.841. The average Bonchev–Trinajstić information content (AvgIpc) is 2.43. The molecule has 0 aliphatic carbocycles. The summed E-state index contributed by atoms with van der Waals surface area (Å²) in [6.07, 6.45) is 0. The molecule has 1 atom stereocenters. The van der Waals surface area contributed by atoms with Gasteiger partial charge in [0.05, 0.1) is 5.02 Å². The molecule has 0 saturated heterocycles. The monoisotopic (exact) mass is 387 g/mol. The van der Waals surface area contributed by atoms with E-state index in [4.69, 9.17) is 11.6 Å². The Morgan fingerprint density at radius 2 is 1.81 bits per heavy atom. The Hall–Kier alpha value is -0.880. The second-order valence-electron chi connectivity index (χ2n) is 4.79. The number of halogens is 2. The molecule has 0 amide bonds. The number of sulfonamides is 1. The zero-order valence-electron chi connectivity index (χ0n) is 11.6. The summed E-state index contributed by atoms with van der Waals surface area (Å²) < 4.78 is 28.4. The fourth-order valence-corrected chi connectivity index (χ4v) is 4.26. The molecule has 0 heterocycles. The van der Waals surface area contributed by atoms with E-state index in [2.05, 4.69) is 20.7 Å². The van der Waals surface area contributed by atoms with Crippen LogP contribution in [0.4, 0.5) is 0 Å². The highest BCUT2D eigenvalue weighted by Gasteiger charge is 2.22. The second kappa shape index (κ2) is 6.48. The van der Waals surface area contributed by atoms with Gasteiger partial charge in [-0.1, -0.05) is 57.9 Å². The van der Waals surface area contributed by atoms with Gasteiger partial charge in [0.2, 0.25) is 10.0 Å². The van der Waals surface area contributed by atoms with Crippen LogP contribution >= 0.6 is 27.5 Å². The van der Waals surface area contributed by atoms with Crippen LogP contribution in [0.3, 0.4) is 0 Å². The van der Waals surface area contributed by atoms with Gasteiger partial charge in [0.1, 0.15) is 4.90 Å². The lowest BCUT2D eigenvalue weighted by Crippen LogP contribution is -2.27. The van der Waals surface area contributed by atoms with Gasteiger partial charge in [-0.15, -0.1) is 0 Å². The highest BCUT2D eigenvalue weighted by molar-refractivity contribution is 9.10. The summed E-state index contributed by atoms with van der Waals surface area (Å²) in [4.78, 5) is 0.0904. The summed E-state index contributed by atoms with van der Waals surface area (Å²) in [5.74, 6) is 0. The highest BCUT2D eigenvalue weighted by Crippen LogP contribution is 2.29. The van der Waals surface area contributed by atoms with Crippen molar-refractivity contribution >= 4 is 37.6 Å². The van der Waals surface area contributed by atoms with Crippen molar-refractivity contribution in [1.82, 2.24) is 4.72 Å². The van der Waals surface area contributed by atoms with Crippen molar-refractivity contribution in [2.45, 2.75) is 24.8 Å². The first-order chi connectivity index (χ1) is 9.81. The lowest BCUT2D eigenvalue weighted by Gasteiger charge is -2.16. The SMILES string of the molecule is Cc1cc(S(=O)(=O)NC(C)c2ccccc2)c(Cl)cc1Br. The van der Waals surface area contributed by atoms with Crippen molar-refractivity contribution in [2.24, 2.45) is 0 Å². The van der Waals surface area contributed by atoms with Crippen molar-refractivity contribution in [3.63, 3.8) is 0 Å². The van der Waals surface area contributed by atoms with Gasteiger partial charge in [-0.25, -0.2) is 13.1 Å². The van der Waals surface area contributed by atoms with Crippen LogP contribution in [0.25, 0.3) is 0 Å². The molecule has 1 unspecified atom stereocenters. The van der Waals surface area contributed by atoms with Crippen molar-refractivity contribution < 1.29 is 8.42 Å². The molecule has 0 radical (unpaired) electrons. The Morgan fingerprint density at radius 1 is 1.19 bits per heavy atom. The number of aryl methyl sites for hydroxylation is 1. The third-order valence-corrected chi connectivity index (χ3v) is 5.99. The van der Waals surface area contributed by atoms with Crippen molar-refractivity contribution in [3.8, 4) is 0 Å². The van der Waals surface area contributed by atoms with Gasteiger partial charge in [0.25, 0.3) is 0 Å². The van der Waals surface area contributed by atoms with Gasteiger partial charge < -0.3 is 0 Å². The molecule has 0 aliphatic rings. The normalized spacial score (nSPS) is 13.1. The second-order valence-corrected chi connectivity index (χ2v) is 7.73. The lowest BCUT2D eigenvalue weighted by atomic mass is 10.1. The molecule has 112 valence electrons. The molecule has 0 spiro atoms. The molecule has 0 aliphatic heterocycles. The summed E-state index contributed by atoms with van der Waals surface area (Å²) in [6, 6.07) is 12.2. The van der Waals surface area contributed by atoms with E-state index in [0.717, 1.165) is 15.6 Å². The van der Waals surface area contributed by atoms with Crippen molar-refractivity contribution in [1.29, 1.82) is 0 Å². The first-order valence-electron chi connectivity index (χ1n) is 6.34. The predicted octanol–water partition coefficient (Wildman–Crippen LogP) is 4.45. The van der Waals surface area contributed by atoms with E-state index in [9.17, 15) is 8.42 Å². The zero-order valence-corrected chi connectivity index (χ0v) is 14.8. The van der Waals surface area contributed by atoms with E-state index >= 15 is 0 Å². The van der Waals surface area contributed by atoms with Crippen LogP contribution in [-0.2, 0) is 10.0 Å². The maximum Gasteiger partial charge on any atom is 0.242 e. The minimum Gasteiger partial charge on any atom is -0.207 e. The number of hydrogen-bond acceptors (Lipinski definition) is 2. The van der Waals surface area contributed by atoms with E-state index in [1.807, 2.05) is 37.3 Å². The smallest absolute Gasteiger partial charge is 0.207 e. The highest BCUT2D eigenvalue weighted by atomic mass is 79.9. The van der Waals surface area contributed by atoms with Crippen LogP contribution in [-0.4, -0.2) is 8.42 Å². The molecule has 0 saturated carbocycles. The Kier molecular flexibility index (Phi) is 5.09. The molecule has 2 rings (SSSR count). The number of benzene rings is 2. The number of hydrogen-bond donors (Lipinski definition) is 1. The maximum atomic E-state index is 12.5. The van der Waals surface area contributed by atoms with Crippen LogP contribution in [0.2, 0.25) is 5.02 Å². The molecule has 1 N–H and O–H groups in total. The average molecular weight is 389 g/mol. The number of nitrogens with one attached hydrogen (secondary N) is 1. The summed E-state index contributed by atoms with van der Waals surface area (Å²) in [7, 11) is -3.68. The van der Waals surface area contributed by atoms with Crippen LogP contribution in [0.15, 0.2) is 51.8 Å². The Balaban J connectivity index is 2.33. The van der Waals surface area contributed by atoms with Crippen LogP contribution in [0.1, 0.15) is 24.1 Å². The molecule has 0 aromatic heterocycles. The van der Waals surface area contributed by atoms with Crippen molar-refractivity contribution in [2.75, 3.05) is 0 Å². The summed E-state index contributed by atoms with van der Waals surface area (Å²) >= 11 is 9.40. The standard InChI is InChI=1S/C15H15BrClNO2S/c1-10-8-15(14(17)9-13(10)16)21(19,20)18-11(2)12-6-4-3-5-7-12/h3-9,11,18H,1-2H3. The summed E-state index contributed by atoms with van der Waals surface area (Å²) in [5.41, 5.74) is 1.71. The fraction of sp³-hybridized carbons (Fsp3) is 0.200. The number of rotatable bonds is 4. The fourth-order valence-electron chi connectivity index (χ4n) is 1.94. The van der Waals surface area contributed by atoms with Crippen LogP contribution < -0.4 is 4.72 Å². The first-order valence-corrected chi connectivity index (χ1v) is 8.99. The van der Waals surface area contributed by atoms with E-state index in [1.165, 1.54) is 0 Å². The van der Waals surface area contributed by atoms with Gasteiger partial charge >= 0.3 is 0 Å². The maximum absolute atomic E-state index is 12.5. The molecular weight excluding hydrogens is 374 g/mol. The molecule has 0 bridgehead atoms. The molecule has 2 aromatic rings. The Bertz CT molecular complexity index is 748. The molecule has 3 nitrogen and oxygen atoms in total. The molecule has 0 fully saturated rings. The molecular formula is C15H15BrClNO2S. The Morgan fingerprint density at radius 3 is 2.43 bits per heavy atom. The predicted molar refractivity (Wildman–Crippen MR) is 89.1 cm³/mol. The van der Waals surface area contributed by atoms with E-state index in [-0.39, 0.29) is 16.0 Å². The third kappa shape index (κ3) is 3.86. The third-order valence-electron chi connectivity index (χ3n) is 3.13. The van der Waals surface area contributed by atoms with Gasteiger partial charge in [0.15, 0.2) is 0 Å². The summed E-state index contributed by atoms with van der Waals surface area (Å²) in [6.45, 7) is 3.62. The van der Waals surface area contributed by atoms with Crippen LogP contribution in [0, 0.1) is 6.92 Å². The van der Waals surface area contributed by atoms with Crippen molar-refractivity contribution in [3.05, 3.63) is 63.1 Å². The van der Waals surface area contributed by atoms with Crippen LogP contribution in [0.5, 0.6) is 0 Å². The van der Waals surface area contributed by atoms with Gasteiger partial charge in [-0.05, 0) is 37.1 Å². The van der Waals surface area contributed by atoms with E-state index < -0.39 is 10.0 Å². The topological polar surface area (TPSA) is 46.2 Å².